The molecule has 0 unspecified atom stereocenters. The van der Waals surface area contributed by atoms with Crippen LogP contribution in [0, 0.1) is 0 Å². The number of nitrogens with zero attached hydrogens (tertiary/aromatic N) is 5. The monoisotopic (exact) mass is 462 g/mol. The number of aryl methyl sites for hydroxylation is 1. The first-order chi connectivity index (χ1) is 15.1. The molecule has 1 aliphatic carbocycles. The molecule has 5 rings (SSSR count). The normalized spacial score (nSPS) is 23.2. The molecule has 31 heavy (non-hydrogen) atoms. The van der Waals surface area contributed by atoms with Crippen LogP contribution in [0.4, 0.5) is 11.8 Å². The lowest BCUT2D eigenvalue weighted by molar-refractivity contribution is 0.143. The van der Waals surface area contributed by atoms with E-state index in [-0.39, 0.29) is 12.1 Å². The Balaban J connectivity index is 1.39. The number of hydrogen-bond donors (Lipinski definition) is 2. The van der Waals surface area contributed by atoms with Gasteiger partial charge in [-0.2, -0.15) is 4.98 Å². The fourth-order valence-corrected chi connectivity index (χ4v) is 6.07. The molecule has 2 N–H and O–H groups in total. The second-order valence-corrected chi connectivity index (χ2v) is 10.7. The van der Waals surface area contributed by atoms with E-state index in [4.69, 9.17) is 21.6 Å². The van der Waals surface area contributed by atoms with E-state index in [1.807, 2.05) is 0 Å². The quantitative estimate of drug-likeness (QED) is 0.698. The Morgan fingerprint density at radius 1 is 1.19 bits per heavy atom. The van der Waals surface area contributed by atoms with Crippen molar-refractivity contribution in [3.05, 3.63) is 28.9 Å². The number of aliphatic hydroxyl groups is 1. The van der Waals surface area contributed by atoms with Crippen LogP contribution in [-0.4, -0.2) is 60.2 Å². The van der Waals surface area contributed by atoms with Gasteiger partial charge in [0.2, 0.25) is 5.95 Å². The maximum atomic E-state index is 12.8. The highest BCUT2D eigenvalue weighted by atomic mass is 35.5. The van der Waals surface area contributed by atoms with Crippen molar-refractivity contribution in [3.63, 3.8) is 0 Å². The van der Waals surface area contributed by atoms with Gasteiger partial charge in [-0.1, -0.05) is 11.6 Å². The number of rotatable bonds is 5. The van der Waals surface area contributed by atoms with Crippen molar-refractivity contribution in [2.75, 3.05) is 35.7 Å². The summed E-state index contributed by atoms with van der Waals surface area (Å²) in [5.74, 6) is 3.10. The molecule has 166 valence electrons. The smallest absolute Gasteiger partial charge is 0.227 e. The first kappa shape index (κ1) is 21.0. The molecule has 2 fully saturated rings. The van der Waals surface area contributed by atoms with Crippen LogP contribution in [0.2, 0.25) is 5.02 Å². The Morgan fingerprint density at radius 3 is 2.58 bits per heavy atom. The van der Waals surface area contributed by atoms with Crippen molar-refractivity contribution in [2.45, 2.75) is 61.3 Å². The molecule has 0 amide bonds. The number of fused-ring (bicyclic) bond motifs is 1. The van der Waals surface area contributed by atoms with Crippen LogP contribution in [-0.2, 0) is 17.2 Å². The second-order valence-electron chi connectivity index (χ2n) is 8.74. The lowest BCUT2D eigenvalue weighted by Gasteiger charge is -2.42. The zero-order valence-electron chi connectivity index (χ0n) is 17.4. The van der Waals surface area contributed by atoms with E-state index in [0.717, 1.165) is 74.4 Å². The van der Waals surface area contributed by atoms with E-state index in [9.17, 15) is 9.32 Å². The predicted molar refractivity (Wildman–Crippen MR) is 120 cm³/mol. The molecule has 0 spiro atoms. The van der Waals surface area contributed by atoms with Gasteiger partial charge in [0.1, 0.15) is 16.5 Å². The molecule has 2 aromatic rings. The summed E-state index contributed by atoms with van der Waals surface area (Å²) in [5, 5.41) is 13.9. The molecule has 3 aliphatic rings. The average molecular weight is 463 g/mol. The molecule has 1 saturated carbocycles. The van der Waals surface area contributed by atoms with Gasteiger partial charge in [-0.25, -0.2) is 15.0 Å². The van der Waals surface area contributed by atoms with Gasteiger partial charge in [-0.15, -0.1) is 0 Å². The van der Waals surface area contributed by atoms with E-state index < -0.39 is 10.8 Å². The molecular formula is C21H27ClN6O2S. The summed E-state index contributed by atoms with van der Waals surface area (Å²) in [7, 11) is -1.10. The first-order valence-corrected chi connectivity index (χ1v) is 12.7. The van der Waals surface area contributed by atoms with Gasteiger partial charge in [0, 0.05) is 37.2 Å². The largest absolute Gasteiger partial charge is 0.394 e. The molecule has 1 atom stereocenters. The summed E-state index contributed by atoms with van der Waals surface area (Å²) >= 11 is 5.91. The van der Waals surface area contributed by atoms with E-state index in [1.165, 1.54) is 0 Å². The molecule has 0 bridgehead atoms. The van der Waals surface area contributed by atoms with Crippen molar-refractivity contribution in [1.82, 2.24) is 19.9 Å². The maximum absolute atomic E-state index is 12.8. The van der Waals surface area contributed by atoms with E-state index in [2.05, 4.69) is 20.2 Å². The fraction of sp³-hybridized carbons (Fsp3) is 0.619. The van der Waals surface area contributed by atoms with Crippen LogP contribution < -0.4 is 10.2 Å². The zero-order chi connectivity index (χ0) is 21.4. The summed E-state index contributed by atoms with van der Waals surface area (Å²) < 4.78 is 12.8. The SMILES string of the molecule is O=[S@@]1CCCc2nc(N3CCC(c4ncc(Cl)cn4)CC3)nc(NC3(CO)CCC3)c21. The van der Waals surface area contributed by atoms with Gasteiger partial charge in [0.25, 0.3) is 0 Å². The highest BCUT2D eigenvalue weighted by Crippen LogP contribution is 2.38. The average Bonchev–Trinajstić information content (AvgIpc) is 2.77. The molecule has 10 heteroatoms. The van der Waals surface area contributed by atoms with Gasteiger partial charge >= 0.3 is 0 Å². The van der Waals surface area contributed by atoms with E-state index >= 15 is 0 Å². The number of nitrogens with one attached hydrogen (secondary N) is 1. The molecule has 2 aromatic heterocycles. The zero-order valence-corrected chi connectivity index (χ0v) is 19.0. The number of anilines is 2. The Bertz CT molecular complexity index is 971. The summed E-state index contributed by atoms with van der Waals surface area (Å²) in [4.78, 5) is 21.4. The maximum Gasteiger partial charge on any atom is 0.227 e. The lowest BCUT2D eigenvalue weighted by Crippen LogP contribution is -2.49. The van der Waals surface area contributed by atoms with Gasteiger partial charge in [0.15, 0.2) is 0 Å². The van der Waals surface area contributed by atoms with Crippen LogP contribution in [0.25, 0.3) is 0 Å². The number of aliphatic hydroxyl groups excluding tert-OH is 1. The van der Waals surface area contributed by atoms with Gasteiger partial charge in [0.05, 0.1) is 33.7 Å². The Labute approximate surface area is 189 Å². The molecular weight excluding hydrogens is 436 g/mol. The van der Waals surface area contributed by atoms with Crippen molar-refractivity contribution in [2.24, 2.45) is 0 Å². The molecule has 2 aliphatic heterocycles. The molecule has 0 radical (unpaired) electrons. The van der Waals surface area contributed by atoms with Crippen LogP contribution in [0.5, 0.6) is 0 Å². The molecule has 0 aromatic carbocycles. The third kappa shape index (κ3) is 4.15. The standard InChI is InChI=1S/C21H27ClN6O2S/c22-15-11-23-18(24-12-15)14-4-8-28(9-5-14)20-25-16-3-1-10-31(30)17(16)19(26-20)27-21(13-29)6-2-7-21/h11-12,14,29H,1-10,13H2,(H,25,26,27)/t31-/m1/s1. The van der Waals surface area contributed by atoms with Gasteiger partial charge < -0.3 is 15.3 Å². The van der Waals surface area contributed by atoms with Crippen molar-refractivity contribution in [3.8, 4) is 0 Å². The lowest BCUT2D eigenvalue weighted by atomic mass is 9.77. The number of aromatic nitrogens is 4. The summed E-state index contributed by atoms with van der Waals surface area (Å²) in [6.45, 7) is 1.67. The van der Waals surface area contributed by atoms with Crippen LogP contribution >= 0.6 is 11.6 Å². The first-order valence-electron chi connectivity index (χ1n) is 11.0. The second kappa shape index (κ2) is 8.60. The topological polar surface area (TPSA) is 104 Å². The van der Waals surface area contributed by atoms with Gasteiger partial charge in [-0.3, -0.25) is 4.21 Å². The summed E-state index contributed by atoms with van der Waals surface area (Å²) in [5.41, 5.74) is 0.535. The van der Waals surface area contributed by atoms with Gasteiger partial charge in [-0.05, 0) is 44.9 Å². The van der Waals surface area contributed by atoms with Crippen LogP contribution in [0.1, 0.15) is 56.0 Å². The predicted octanol–water partition coefficient (Wildman–Crippen LogP) is 2.68. The number of halogens is 1. The molecule has 1 saturated heterocycles. The van der Waals surface area contributed by atoms with Crippen molar-refractivity contribution >= 4 is 34.2 Å². The summed E-state index contributed by atoms with van der Waals surface area (Å²) in [6.07, 6.45) is 9.69. The van der Waals surface area contributed by atoms with E-state index in [1.54, 1.807) is 12.4 Å². The third-order valence-electron chi connectivity index (χ3n) is 6.68. The van der Waals surface area contributed by atoms with Crippen LogP contribution in [0.15, 0.2) is 17.3 Å². The Morgan fingerprint density at radius 2 is 1.94 bits per heavy atom. The third-order valence-corrected chi connectivity index (χ3v) is 8.41. The highest BCUT2D eigenvalue weighted by Gasteiger charge is 2.38. The highest BCUT2D eigenvalue weighted by molar-refractivity contribution is 7.85. The van der Waals surface area contributed by atoms with Crippen molar-refractivity contribution in [1.29, 1.82) is 0 Å². The minimum Gasteiger partial charge on any atom is -0.394 e. The fourth-order valence-electron chi connectivity index (χ4n) is 4.64. The van der Waals surface area contributed by atoms with Crippen molar-refractivity contribution < 1.29 is 9.32 Å². The summed E-state index contributed by atoms with van der Waals surface area (Å²) in [6, 6.07) is 0. The van der Waals surface area contributed by atoms with Crippen LogP contribution in [0.3, 0.4) is 0 Å². The minimum absolute atomic E-state index is 0.0558. The van der Waals surface area contributed by atoms with E-state index in [0.29, 0.717) is 28.5 Å². The number of piperidine rings is 1. The minimum atomic E-state index is -1.10. The number of hydrogen-bond acceptors (Lipinski definition) is 8. The Hall–Kier alpha value is -1.84. The molecule has 4 heterocycles. The Kier molecular flexibility index (Phi) is 5.83. The molecule has 8 nitrogen and oxygen atoms in total.